The molecule has 0 bridgehead atoms. The number of hydrogen-bond acceptors (Lipinski definition) is 4. The number of nitrogens with two attached hydrogens (primary N) is 1. The van der Waals surface area contributed by atoms with Crippen LogP contribution in [-0.2, 0) is 10.0 Å². The van der Waals surface area contributed by atoms with Gasteiger partial charge in [-0.1, -0.05) is 25.4 Å². The average molecular weight is 321 g/mol. The van der Waals surface area contributed by atoms with Crippen LogP contribution in [0.15, 0.2) is 17.0 Å². The Hall–Kier alpha value is -0.820. The number of benzene rings is 1. The summed E-state index contributed by atoms with van der Waals surface area (Å²) >= 11 is 5.86. The summed E-state index contributed by atoms with van der Waals surface area (Å²) in [6.45, 7) is 5.32. The molecular weight excluding hydrogens is 300 g/mol. The number of anilines is 1. The molecule has 1 aromatic rings. The third-order valence-corrected chi connectivity index (χ3v) is 4.87. The highest BCUT2D eigenvalue weighted by molar-refractivity contribution is 7.89. The first-order chi connectivity index (χ1) is 9.17. The molecule has 7 heteroatoms. The highest BCUT2D eigenvalue weighted by Crippen LogP contribution is 2.26. The van der Waals surface area contributed by atoms with Gasteiger partial charge in [-0.2, -0.15) is 0 Å². The Labute approximate surface area is 125 Å². The fourth-order valence-electron chi connectivity index (χ4n) is 1.97. The molecule has 20 heavy (non-hydrogen) atoms. The summed E-state index contributed by atoms with van der Waals surface area (Å²) in [7, 11) is -3.74. The molecule has 0 saturated carbocycles. The smallest absolute Gasteiger partial charge is 0.241 e. The van der Waals surface area contributed by atoms with Gasteiger partial charge in [0.1, 0.15) is 0 Å². The lowest BCUT2D eigenvalue weighted by Crippen LogP contribution is -2.38. The minimum absolute atomic E-state index is 0.0848. The van der Waals surface area contributed by atoms with Gasteiger partial charge in [-0.15, -0.1) is 0 Å². The van der Waals surface area contributed by atoms with Crippen molar-refractivity contribution in [1.82, 2.24) is 4.72 Å². The van der Waals surface area contributed by atoms with Crippen molar-refractivity contribution in [2.75, 3.05) is 12.3 Å². The topological polar surface area (TPSA) is 92.4 Å². The minimum atomic E-state index is -3.74. The first-order valence-electron chi connectivity index (χ1n) is 6.36. The molecule has 0 fully saturated rings. The maximum absolute atomic E-state index is 12.3. The maximum Gasteiger partial charge on any atom is 0.241 e. The van der Waals surface area contributed by atoms with E-state index < -0.39 is 16.1 Å². The minimum Gasteiger partial charge on any atom is -0.397 e. The van der Waals surface area contributed by atoms with Gasteiger partial charge in [-0.3, -0.25) is 0 Å². The number of hydrogen-bond donors (Lipinski definition) is 3. The third kappa shape index (κ3) is 4.34. The van der Waals surface area contributed by atoms with Crippen molar-refractivity contribution < 1.29 is 13.5 Å². The van der Waals surface area contributed by atoms with Crippen molar-refractivity contribution in [2.45, 2.75) is 38.1 Å². The van der Waals surface area contributed by atoms with Crippen LogP contribution < -0.4 is 10.5 Å². The first-order valence-corrected chi connectivity index (χ1v) is 8.22. The van der Waals surface area contributed by atoms with Gasteiger partial charge in [0.2, 0.25) is 10.0 Å². The second kappa shape index (κ2) is 6.76. The van der Waals surface area contributed by atoms with E-state index >= 15 is 0 Å². The summed E-state index contributed by atoms with van der Waals surface area (Å²) in [6.07, 6.45) is 0.553. The largest absolute Gasteiger partial charge is 0.397 e. The lowest BCUT2D eigenvalue weighted by molar-refractivity contribution is 0.240. The van der Waals surface area contributed by atoms with Crippen LogP contribution in [0.1, 0.15) is 25.8 Å². The number of aryl methyl sites for hydroxylation is 1. The molecular formula is C13H21ClN2O3S. The number of sulfonamides is 1. The van der Waals surface area contributed by atoms with Gasteiger partial charge in [0.05, 0.1) is 22.2 Å². The van der Waals surface area contributed by atoms with Crippen LogP contribution >= 0.6 is 11.6 Å². The van der Waals surface area contributed by atoms with E-state index in [2.05, 4.69) is 4.72 Å². The summed E-state index contributed by atoms with van der Waals surface area (Å²) in [4.78, 5) is 0.0848. The molecule has 0 aromatic heterocycles. The molecule has 0 amide bonds. The quantitative estimate of drug-likeness (QED) is 0.698. The van der Waals surface area contributed by atoms with Gasteiger partial charge in [-0.05, 0) is 37.0 Å². The van der Waals surface area contributed by atoms with Crippen LogP contribution in [0.4, 0.5) is 5.69 Å². The summed E-state index contributed by atoms with van der Waals surface area (Å²) in [5, 5.41) is 9.60. The molecule has 114 valence electrons. The van der Waals surface area contributed by atoms with E-state index in [1.54, 1.807) is 6.92 Å². The standard InChI is InChI=1S/C13H21ClN2O3S/c1-8(2)4-10(7-17)16-20(18,19)13-6-12(15)11(14)5-9(13)3/h5-6,8,10,16-17H,4,7,15H2,1-3H3. The molecule has 1 aromatic carbocycles. The molecule has 0 radical (unpaired) electrons. The van der Waals surface area contributed by atoms with E-state index in [0.29, 0.717) is 17.0 Å². The molecule has 0 heterocycles. The van der Waals surface area contributed by atoms with Crippen LogP contribution in [0.2, 0.25) is 5.02 Å². The van der Waals surface area contributed by atoms with Crippen LogP contribution in [0.3, 0.4) is 0 Å². The first kappa shape index (κ1) is 17.2. The van der Waals surface area contributed by atoms with Crippen molar-refractivity contribution in [3.8, 4) is 0 Å². The molecule has 4 N–H and O–H groups in total. The van der Waals surface area contributed by atoms with Crippen LogP contribution in [-0.4, -0.2) is 26.2 Å². The van der Waals surface area contributed by atoms with E-state index in [1.165, 1.54) is 12.1 Å². The zero-order valence-electron chi connectivity index (χ0n) is 11.9. The number of aliphatic hydroxyl groups is 1. The zero-order valence-corrected chi connectivity index (χ0v) is 13.4. The zero-order chi connectivity index (χ0) is 15.5. The summed E-state index contributed by atoms with van der Waals surface area (Å²) in [5.41, 5.74) is 6.38. The number of aliphatic hydroxyl groups excluding tert-OH is 1. The van der Waals surface area contributed by atoms with Gasteiger partial charge >= 0.3 is 0 Å². The van der Waals surface area contributed by atoms with Crippen molar-refractivity contribution in [1.29, 1.82) is 0 Å². The molecule has 0 aliphatic heterocycles. The third-order valence-electron chi connectivity index (χ3n) is 2.88. The highest BCUT2D eigenvalue weighted by atomic mass is 35.5. The van der Waals surface area contributed by atoms with Crippen molar-refractivity contribution in [3.63, 3.8) is 0 Å². The SMILES string of the molecule is Cc1cc(Cl)c(N)cc1S(=O)(=O)NC(CO)CC(C)C. The number of nitrogen functional groups attached to an aromatic ring is 1. The van der Waals surface area contributed by atoms with Crippen molar-refractivity contribution >= 4 is 27.3 Å². The Balaban J connectivity index is 3.08. The van der Waals surface area contributed by atoms with Crippen molar-refractivity contribution in [2.24, 2.45) is 5.92 Å². The fourth-order valence-corrected chi connectivity index (χ4v) is 3.69. The highest BCUT2D eigenvalue weighted by Gasteiger charge is 2.23. The molecule has 1 unspecified atom stereocenters. The van der Waals surface area contributed by atoms with E-state index in [0.717, 1.165) is 0 Å². The Morgan fingerprint density at radius 1 is 1.40 bits per heavy atom. The molecule has 5 nitrogen and oxygen atoms in total. The van der Waals surface area contributed by atoms with E-state index in [1.807, 2.05) is 13.8 Å². The van der Waals surface area contributed by atoms with Crippen LogP contribution in [0, 0.1) is 12.8 Å². The summed E-state index contributed by atoms with van der Waals surface area (Å²) in [5.74, 6) is 0.270. The number of rotatable bonds is 6. The van der Waals surface area contributed by atoms with Crippen LogP contribution in [0.5, 0.6) is 0 Å². The Kier molecular flexibility index (Phi) is 5.82. The monoisotopic (exact) mass is 320 g/mol. The van der Waals surface area contributed by atoms with Gasteiger partial charge in [0.25, 0.3) is 0 Å². The molecule has 0 spiro atoms. The molecule has 1 rings (SSSR count). The van der Waals surface area contributed by atoms with Gasteiger partial charge in [0, 0.05) is 6.04 Å². The fraction of sp³-hybridized carbons (Fsp3) is 0.538. The summed E-state index contributed by atoms with van der Waals surface area (Å²) in [6, 6.07) is 2.34. The number of nitrogens with one attached hydrogen (secondary N) is 1. The van der Waals surface area contributed by atoms with E-state index in [4.69, 9.17) is 17.3 Å². The summed E-state index contributed by atoms with van der Waals surface area (Å²) < 4.78 is 27.2. The predicted molar refractivity (Wildman–Crippen MR) is 81.3 cm³/mol. The second-order valence-electron chi connectivity index (χ2n) is 5.27. The predicted octanol–water partition coefficient (Wildman–Crippen LogP) is 1.92. The second-order valence-corrected chi connectivity index (χ2v) is 7.36. The number of halogens is 1. The van der Waals surface area contributed by atoms with Crippen molar-refractivity contribution in [3.05, 3.63) is 22.7 Å². The lowest BCUT2D eigenvalue weighted by Gasteiger charge is -2.19. The molecule has 0 aliphatic carbocycles. The maximum atomic E-state index is 12.3. The molecule has 0 aliphatic rings. The van der Waals surface area contributed by atoms with E-state index in [9.17, 15) is 13.5 Å². The average Bonchev–Trinajstić information content (AvgIpc) is 2.31. The molecule has 0 saturated heterocycles. The lowest BCUT2D eigenvalue weighted by atomic mass is 10.1. The normalized spacial score (nSPS) is 13.7. The Morgan fingerprint density at radius 3 is 2.50 bits per heavy atom. The van der Waals surface area contributed by atoms with Gasteiger partial charge in [-0.25, -0.2) is 13.1 Å². The van der Waals surface area contributed by atoms with Gasteiger partial charge in [0.15, 0.2) is 0 Å². The molecule has 1 atom stereocenters. The Bertz CT molecular complexity index is 573. The van der Waals surface area contributed by atoms with Crippen LogP contribution in [0.25, 0.3) is 0 Å². The van der Waals surface area contributed by atoms with Gasteiger partial charge < -0.3 is 10.8 Å². The Morgan fingerprint density at radius 2 is 2.00 bits per heavy atom. The van der Waals surface area contributed by atoms with E-state index in [-0.39, 0.29) is 23.1 Å².